The third-order valence-corrected chi connectivity index (χ3v) is 2.51. The summed E-state index contributed by atoms with van der Waals surface area (Å²) in [5, 5.41) is 0.949. The summed E-state index contributed by atoms with van der Waals surface area (Å²) in [7, 11) is 0. The van der Waals surface area contributed by atoms with Gasteiger partial charge < -0.3 is 10.2 Å². The summed E-state index contributed by atoms with van der Waals surface area (Å²) in [6, 6.07) is 1.83. The van der Waals surface area contributed by atoms with Gasteiger partial charge in [-0.15, -0.1) is 0 Å². The molecule has 3 aromatic rings. The molecule has 0 spiro atoms. The maximum atomic E-state index is 5.63. The first-order chi connectivity index (χ1) is 7.90. The van der Waals surface area contributed by atoms with E-state index >= 15 is 0 Å². The van der Waals surface area contributed by atoms with Gasteiger partial charge >= 0.3 is 0 Å². The van der Waals surface area contributed by atoms with Crippen molar-refractivity contribution in [1.29, 1.82) is 0 Å². The van der Waals surface area contributed by atoms with Crippen molar-refractivity contribution in [2.24, 2.45) is 5.73 Å². The quantitative estimate of drug-likeness (QED) is 0.695. The first-order valence-corrected chi connectivity index (χ1v) is 5.06. The minimum absolute atomic E-state index is 0.559. The Balaban J connectivity index is 2.43. The molecule has 0 fully saturated rings. The lowest BCUT2D eigenvalue weighted by atomic mass is 10.1. The first kappa shape index (κ1) is 9.23. The fraction of sp³-hybridized carbons (Fsp3) is 0.182. The zero-order valence-electron chi connectivity index (χ0n) is 8.55. The lowest BCUT2D eigenvalue weighted by molar-refractivity contribution is 0.664. The highest BCUT2D eigenvalue weighted by atomic mass is 16.3. The van der Waals surface area contributed by atoms with E-state index in [0.717, 1.165) is 28.6 Å². The van der Waals surface area contributed by atoms with Gasteiger partial charge in [-0.2, -0.15) is 0 Å². The highest BCUT2D eigenvalue weighted by molar-refractivity contribution is 6.03. The summed E-state index contributed by atoms with van der Waals surface area (Å²) >= 11 is 0. The Hall–Kier alpha value is -2.01. The number of hydrogen-bond acceptors (Lipinski definition) is 5. The predicted molar refractivity (Wildman–Crippen MR) is 59.9 cm³/mol. The topological polar surface area (TPSA) is 77.8 Å². The van der Waals surface area contributed by atoms with Crippen molar-refractivity contribution in [2.75, 3.05) is 6.54 Å². The SMILES string of the molecule is NCCc1nccc2oc3cncnc3c12. The molecule has 0 aromatic carbocycles. The number of nitrogens with two attached hydrogens (primary N) is 1. The van der Waals surface area contributed by atoms with Crippen LogP contribution in [0.25, 0.3) is 22.1 Å². The molecule has 5 nitrogen and oxygen atoms in total. The summed E-state index contributed by atoms with van der Waals surface area (Å²) in [4.78, 5) is 12.5. The van der Waals surface area contributed by atoms with Crippen LogP contribution in [0.5, 0.6) is 0 Å². The van der Waals surface area contributed by atoms with Gasteiger partial charge in [0.25, 0.3) is 0 Å². The van der Waals surface area contributed by atoms with Crippen LogP contribution in [0.4, 0.5) is 0 Å². The van der Waals surface area contributed by atoms with Crippen LogP contribution in [0.2, 0.25) is 0 Å². The van der Waals surface area contributed by atoms with Crippen LogP contribution in [0, 0.1) is 0 Å². The summed E-state index contributed by atoms with van der Waals surface area (Å²) in [5.41, 5.74) is 8.77. The minimum Gasteiger partial charge on any atom is -0.453 e. The Morgan fingerprint density at radius 2 is 2.19 bits per heavy atom. The average Bonchev–Trinajstić information content (AvgIpc) is 2.68. The zero-order valence-corrected chi connectivity index (χ0v) is 8.55. The van der Waals surface area contributed by atoms with E-state index in [-0.39, 0.29) is 0 Å². The van der Waals surface area contributed by atoms with E-state index in [1.165, 1.54) is 6.33 Å². The second-order valence-electron chi connectivity index (χ2n) is 3.51. The maximum absolute atomic E-state index is 5.63. The number of hydrogen-bond donors (Lipinski definition) is 1. The molecule has 3 heterocycles. The monoisotopic (exact) mass is 214 g/mol. The highest BCUT2D eigenvalue weighted by Crippen LogP contribution is 2.27. The van der Waals surface area contributed by atoms with Crippen molar-refractivity contribution in [3.05, 3.63) is 30.5 Å². The normalized spacial score (nSPS) is 11.3. The summed E-state index contributed by atoms with van der Waals surface area (Å²) in [6.07, 6.45) is 5.62. The van der Waals surface area contributed by atoms with E-state index < -0.39 is 0 Å². The van der Waals surface area contributed by atoms with Gasteiger partial charge in [-0.3, -0.25) is 4.98 Å². The Morgan fingerprint density at radius 3 is 3.06 bits per heavy atom. The molecular weight excluding hydrogens is 204 g/mol. The Labute approximate surface area is 91.3 Å². The fourth-order valence-electron chi connectivity index (χ4n) is 1.85. The number of rotatable bonds is 2. The van der Waals surface area contributed by atoms with E-state index in [0.29, 0.717) is 12.1 Å². The smallest absolute Gasteiger partial charge is 0.172 e. The van der Waals surface area contributed by atoms with Crippen LogP contribution >= 0.6 is 0 Å². The Morgan fingerprint density at radius 1 is 1.25 bits per heavy atom. The van der Waals surface area contributed by atoms with Gasteiger partial charge in [0.05, 0.1) is 17.3 Å². The molecule has 0 bridgehead atoms. The number of fused-ring (bicyclic) bond motifs is 3. The molecule has 16 heavy (non-hydrogen) atoms. The van der Waals surface area contributed by atoms with E-state index in [4.69, 9.17) is 10.2 Å². The second kappa shape index (κ2) is 3.53. The fourth-order valence-corrected chi connectivity index (χ4v) is 1.85. The van der Waals surface area contributed by atoms with E-state index in [1.807, 2.05) is 6.07 Å². The van der Waals surface area contributed by atoms with Gasteiger partial charge in [0.15, 0.2) is 5.58 Å². The molecule has 5 heteroatoms. The van der Waals surface area contributed by atoms with Crippen molar-refractivity contribution >= 4 is 22.1 Å². The molecule has 80 valence electrons. The predicted octanol–water partition coefficient (Wildman–Crippen LogP) is 1.27. The molecule has 0 amide bonds. The van der Waals surface area contributed by atoms with Crippen LogP contribution < -0.4 is 5.73 Å². The third-order valence-electron chi connectivity index (χ3n) is 2.51. The molecule has 3 aromatic heterocycles. The first-order valence-electron chi connectivity index (χ1n) is 5.06. The Bertz CT molecular complexity index is 647. The lowest BCUT2D eigenvalue weighted by Gasteiger charge is -1.98. The molecule has 0 aliphatic rings. The molecule has 0 atom stereocenters. The third kappa shape index (κ3) is 1.25. The molecule has 0 aliphatic carbocycles. The van der Waals surface area contributed by atoms with E-state index in [9.17, 15) is 0 Å². The molecule has 0 saturated heterocycles. The molecular formula is C11H10N4O. The number of aromatic nitrogens is 3. The number of nitrogens with zero attached hydrogens (tertiary/aromatic N) is 3. The molecule has 0 unspecified atom stereocenters. The van der Waals surface area contributed by atoms with Crippen molar-refractivity contribution < 1.29 is 4.42 Å². The van der Waals surface area contributed by atoms with Crippen molar-refractivity contribution in [3.8, 4) is 0 Å². The second-order valence-corrected chi connectivity index (χ2v) is 3.51. The largest absolute Gasteiger partial charge is 0.453 e. The van der Waals surface area contributed by atoms with Crippen LogP contribution in [-0.2, 0) is 6.42 Å². The van der Waals surface area contributed by atoms with Crippen LogP contribution in [0.3, 0.4) is 0 Å². The summed E-state index contributed by atoms with van der Waals surface area (Å²) in [6.45, 7) is 0.559. The molecule has 0 aliphatic heterocycles. The van der Waals surface area contributed by atoms with E-state index in [1.54, 1.807) is 12.4 Å². The van der Waals surface area contributed by atoms with Gasteiger partial charge in [-0.25, -0.2) is 9.97 Å². The maximum Gasteiger partial charge on any atom is 0.172 e. The number of furan rings is 1. The van der Waals surface area contributed by atoms with E-state index in [2.05, 4.69) is 15.0 Å². The average molecular weight is 214 g/mol. The van der Waals surface area contributed by atoms with Crippen molar-refractivity contribution in [1.82, 2.24) is 15.0 Å². The van der Waals surface area contributed by atoms with Crippen molar-refractivity contribution in [3.63, 3.8) is 0 Å². The van der Waals surface area contributed by atoms with Gasteiger partial charge in [-0.1, -0.05) is 0 Å². The van der Waals surface area contributed by atoms with Gasteiger partial charge in [0, 0.05) is 12.6 Å². The van der Waals surface area contributed by atoms with Gasteiger partial charge in [0.2, 0.25) is 0 Å². The van der Waals surface area contributed by atoms with Gasteiger partial charge in [-0.05, 0) is 12.6 Å². The van der Waals surface area contributed by atoms with Crippen LogP contribution in [0.15, 0.2) is 29.2 Å². The Kier molecular flexibility index (Phi) is 2.04. The molecule has 0 saturated carbocycles. The molecule has 0 radical (unpaired) electrons. The highest BCUT2D eigenvalue weighted by Gasteiger charge is 2.12. The number of pyridine rings is 1. The lowest BCUT2D eigenvalue weighted by Crippen LogP contribution is -2.04. The minimum atomic E-state index is 0.559. The summed E-state index contributed by atoms with van der Waals surface area (Å²) < 4.78 is 5.63. The standard InChI is InChI=1S/C11H10N4O/c12-3-1-7-10-8(2-4-14-7)16-9-5-13-6-15-11(9)10/h2,4-6H,1,3,12H2. The summed E-state index contributed by atoms with van der Waals surface area (Å²) in [5.74, 6) is 0. The van der Waals surface area contributed by atoms with Crippen LogP contribution in [-0.4, -0.2) is 21.5 Å². The van der Waals surface area contributed by atoms with Crippen LogP contribution in [0.1, 0.15) is 5.69 Å². The zero-order chi connectivity index (χ0) is 11.0. The molecule has 2 N–H and O–H groups in total. The van der Waals surface area contributed by atoms with Crippen molar-refractivity contribution in [2.45, 2.75) is 6.42 Å². The van der Waals surface area contributed by atoms with Gasteiger partial charge in [0.1, 0.15) is 17.4 Å². The molecule has 3 rings (SSSR count).